The molecule has 0 saturated heterocycles. The Morgan fingerprint density at radius 2 is 2.16 bits per heavy atom. The van der Waals surface area contributed by atoms with Crippen molar-refractivity contribution in [3.05, 3.63) is 34.7 Å². The van der Waals surface area contributed by atoms with E-state index < -0.39 is 18.2 Å². The molecule has 100 valence electrons. The highest BCUT2D eigenvalue weighted by atomic mass is 16.3. The Morgan fingerprint density at radius 3 is 2.84 bits per heavy atom. The van der Waals surface area contributed by atoms with Crippen LogP contribution < -0.4 is 5.56 Å². The van der Waals surface area contributed by atoms with Crippen molar-refractivity contribution >= 4 is 11.2 Å². The van der Waals surface area contributed by atoms with Gasteiger partial charge in [0.2, 0.25) is 0 Å². The van der Waals surface area contributed by atoms with Gasteiger partial charge in [-0.3, -0.25) is 4.79 Å². The normalized spacial score (nSPS) is 26.9. The minimum Gasteiger partial charge on any atom is -0.392 e. The molecule has 0 fully saturated rings. The lowest BCUT2D eigenvalue weighted by Gasteiger charge is -2.18. The maximum atomic E-state index is 11.5. The summed E-state index contributed by atoms with van der Waals surface area (Å²) in [6, 6.07) is -0.614. The number of hydrogen-bond donors (Lipinski definition) is 4. The van der Waals surface area contributed by atoms with Gasteiger partial charge in [-0.05, 0) is 5.57 Å². The van der Waals surface area contributed by atoms with E-state index in [9.17, 15) is 15.0 Å². The van der Waals surface area contributed by atoms with Crippen molar-refractivity contribution in [1.82, 2.24) is 19.5 Å². The Kier molecular flexibility index (Phi) is 2.70. The Morgan fingerprint density at radius 1 is 1.37 bits per heavy atom. The molecular formula is C11H12N4O4. The van der Waals surface area contributed by atoms with E-state index in [1.54, 1.807) is 6.08 Å². The standard InChI is InChI=1S/C11H12N4O4/c16-2-5-1-6(9(18)8(5)17)15-4-14-7-10(15)12-3-13-11(7)19/h1,3-4,6,8-9,16-18H,2H2,(H,12,13,19)/t6-,8-,9-/m0/s1. The number of aromatic amines is 1. The summed E-state index contributed by atoms with van der Waals surface area (Å²) in [6.45, 7) is -0.338. The predicted molar refractivity (Wildman–Crippen MR) is 64.4 cm³/mol. The second kappa shape index (κ2) is 4.26. The summed E-state index contributed by atoms with van der Waals surface area (Å²) in [5, 5.41) is 28.8. The van der Waals surface area contributed by atoms with Crippen LogP contribution >= 0.6 is 0 Å². The van der Waals surface area contributed by atoms with Crippen molar-refractivity contribution in [2.24, 2.45) is 0 Å². The molecule has 0 bridgehead atoms. The maximum Gasteiger partial charge on any atom is 0.278 e. The fraction of sp³-hybridized carbons (Fsp3) is 0.364. The monoisotopic (exact) mass is 264 g/mol. The summed E-state index contributed by atoms with van der Waals surface area (Å²) < 4.78 is 1.50. The molecule has 0 spiro atoms. The summed E-state index contributed by atoms with van der Waals surface area (Å²) in [5.41, 5.74) is 0.442. The summed E-state index contributed by atoms with van der Waals surface area (Å²) in [5.74, 6) is 0. The molecule has 1 aliphatic rings. The maximum absolute atomic E-state index is 11.5. The summed E-state index contributed by atoms with van der Waals surface area (Å²) in [6.07, 6.45) is 1.94. The predicted octanol–water partition coefficient (Wildman–Crippen LogP) is -1.69. The van der Waals surface area contributed by atoms with Crippen LogP contribution in [-0.4, -0.2) is 53.7 Å². The van der Waals surface area contributed by atoms with Crippen molar-refractivity contribution < 1.29 is 15.3 Å². The van der Waals surface area contributed by atoms with Crippen molar-refractivity contribution in [3.63, 3.8) is 0 Å². The smallest absolute Gasteiger partial charge is 0.278 e. The molecule has 0 saturated carbocycles. The van der Waals surface area contributed by atoms with Crippen LogP contribution in [0.1, 0.15) is 6.04 Å². The first-order chi connectivity index (χ1) is 9.13. The fourth-order valence-electron chi connectivity index (χ4n) is 2.29. The molecule has 3 atom stereocenters. The average Bonchev–Trinajstić information content (AvgIpc) is 2.94. The lowest BCUT2D eigenvalue weighted by molar-refractivity contribution is 0.0287. The molecule has 0 aromatic carbocycles. The minimum atomic E-state index is -1.13. The molecule has 2 heterocycles. The highest BCUT2D eigenvalue weighted by molar-refractivity contribution is 5.69. The Labute approximate surface area is 106 Å². The van der Waals surface area contributed by atoms with Gasteiger partial charge in [0.15, 0.2) is 11.2 Å². The topological polar surface area (TPSA) is 124 Å². The highest BCUT2D eigenvalue weighted by Crippen LogP contribution is 2.30. The molecule has 0 aliphatic heterocycles. The molecule has 1 aliphatic carbocycles. The van der Waals surface area contributed by atoms with E-state index in [1.165, 1.54) is 17.2 Å². The summed E-state index contributed by atoms with van der Waals surface area (Å²) in [4.78, 5) is 21.9. The first kappa shape index (κ1) is 12.0. The van der Waals surface area contributed by atoms with Gasteiger partial charge in [0, 0.05) is 0 Å². The number of aliphatic hydroxyl groups is 3. The van der Waals surface area contributed by atoms with Gasteiger partial charge in [-0.1, -0.05) is 6.08 Å². The SMILES string of the molecule is O=c1[nH]cnc2c1ncn2[C@H]1C=C(CO)[C@H](O)[C@H]1O. The summed E-state index contributed by atoms with van der Waals surface area (Å²) >= 11 is 0. The van der Waals surface area contributed by atoms with Crippen LogP contribution in [0.2, 0.25) is 0 Å². The van der Waals surface area contributed by atoms with Gasteiger partial charge in [-0.25, -0.2) is 9.97 Å². The molecular weight excluding hydrogens is 252 g/mol. The third kappa shape index (κ3) is 1.69. The second-order valence-electron chi connectivity index (χ2n) is 4.38. The fourth-order valence-corrected chi connectivity index (χ4v) is 2.29. The molecule has 0 amide bonds. The van der Waals surface area contributed by atoms with Gasteiger partial charge in [-0.15, -0.1) is 0 Å². The van der Waals surface area contributed by atoms with E-state index >= 15 is 0 Å². The number of aromatic nitrogens is 4. The molecule has 0 radical (unpaired) electrons. The zero-order valence-electron chi connectivity index (χ0n) is 9.76. The third-order valence-corrected chi connectivity index (χ3v) is 3.31. The molecule has 2 aromatic heterocycles. The van der Waals surface area contributed by atoms with Crippen molar-refractivity contribution in [3.8, 4) is 0 Å². The zero-order valence-corrected chi connectivity index (χ0v) is 9.76. The quantitative estimate of drug-likeness (QED) is 0.480. The number of imidazole rings is 1. The Bertz CT molecular complexity index is 704. The van der Waals surface area contributed by atoms with Gasteiger partial charge in [0.1, 0.15) is 12.2 Å². The second-order valence-corrected chi connectivity index (χ2v) is 4.38. The van der Waals surface area contributed by atoms with Crippen LogP contribution in [0.5, 0.6) is 0 Å². The number of hydrogen-bond acceptors (Lipinski definition) is 6. The van der Waals surface area contributed by atoms with Crippen LogP contribution in [0.3, 0.4) is 0 Å². The van der Waals surface area contributed by atoms with Gasteiger partial charge >= 0.3 is 0 Å². The number of rotatable bonds is 2. The number of nitrogens with zero attached hydrogens (tertiary/aromatic N) is 3. The molecule has 8 nitrogen and oxygen atoms in total. The minimum absolute atomic E-state index is 0.162. The van der Waals surface area contributed by atoms with Gasteiger partial charge in [-0.2, -0.15) is 0 Å². The Balaban J connectivity index is 2.13. The van der Waals surface area contributed by atoms with Crippen LogP contribution in [0.25, 0.3) is 11.2 Å². The van der Waals surface area contributed by atoms with Crippen LogP contribution in [-0.2, 0) is 0 Å². The van der Waals surface area contributed by atoms with Gasteiger partial charge in [0.05, 0.1) is 25.3 Å². The molecule has 4 N–H and O–H groups in total. The van der Waals surface area contributed by atoms with Gasteiger partial charge in [0.25, 0.3) is 5.56 Å². The van der Waals surface area contributed by atoms with Crippen molar-refractivity contribution in [2.75, 3.05) is 6.61 Å². The lowest BCUT2D eigenvalue weighted by atomic mass is 10.1. The van der Waals surface area contributed by atoms with E-state index in [4.69, 9.17) is 5.11 Å². The van der Waals surface area contributed by atoms with Crippen LogP contribution in [0.15, 0.2) is 29.1 Å². The van der Waals surface area contributed by atoms with Crippen molar-refractivity contribution in [2.45, 2.75) is 18.2 Å². The lowest BCUT2D eigenvalue weighted by Crippen LogP contribution is -2.30. The van der Waals surface area contributed by atoms with Gasteiger partial charge < -0.3 is 24.9 Å². The highest BCUT2D eigenvalue weighted by Gasteiger charge is 2.36. The van der Waals surface area contributed by atoms with E-state index in [-0.39, 0.29) is 17.7 Å². The van der Waals surface area contributed by atoms with Crippen LogP contribution in [0.4, 0.5) is 0 Å². The number of H-pyrrole nitrogens is 1. The molecule has 2 aromatic rings. The largest absolute Gasteiger partial charge is 0.392 e. The number of fused-ring (bicyclic) bond motifs is 1. The Hall–Kier alpha value is -2.03. The van der Waals surface area contributed by atoms with Crippen molar-refractivity contribution in [1.29, 1.82) is 0 Å². The first-order valence-electron chi connectivity index (χ1n) is 5.71. The number of aliphatic hydroxyl groups excluding tert-OH is 3. The average molecular weight is 264 g/mol. The van der Waals surface area contributed by atoms with Crippen LogP contribution in [0, 0.1) is 0 Å². The molecule has 3 rings (SSSR count). The number of nitrogens with one attached hydrogen (secondary N) is 1. The molecule has 8 heteroatoms. The summed E-state index contributed by atoms with van der Waals surface area (Å²) in [7, 11) is 0. The van der Waals surface area contributed by atoms with E-state index in [0.29, 0.717) is 11.2 Å². The third-order valence-electron chi connectivity index (χ3n) is 3.31. The molecule has 19 heavy (non-hydrogen) atoms. The zero-order chi connectivity index (χ0) is 13.6. The van der Waals surface area contributed by atoms with E-state index in [0.717, 1.165) is 0 Å². The first-order valence-corrected chi connectivity index (χ1v) is 5.71. The molecule has 0 unspecified atom stereocenters. The van der Waals surface area contributed by atoms with E-state index in [1.807, 2.05) is 0 Å². The van der Waals surface area contributed by atoms with E-state index in [2.05, 4.69) is 15.0 Å².